The van der Waals surface area contributed by atoms with Crippen LogP contribution in [0.4, 0.5) is 0 Å². The van der Waals surface area contributed by atoms with E-state index in [9.17, 15) is 9.90 Å². The van der Waals surface area contributed by atoms with Crippen LogP contribution in [-0.2, 0) is 0 Å². The number of phenolic OH excluding ortho intramolecular Hbond substituents is 1. The van der Waals surface area contributed by atoms with E-state index >= 15 is 0 Å². The van der Waals surface area contributed by atoms with Gasteiger partial charge in [0.25, 0.3) is 5.91 Å². The molecule has 104 valence electrons. The Morgan fingerprint density at radius 2 is 2.11 bits per heavy atom. The fraction of sp³-hybridized carbons (Fsp3) is 0.533. The Morgan fingerprint density at radius 3 is 2.74 bits per heavy atom. The minimum absolute atomic E-state index is 0.0981. The van der Waals surface area contributed by atoms with Gasteiger partial charge >= 0.3 is 0 Å². The fourth-order valence-corrected chi connectivity index (χ4v) is 2.66. The van der Waals surface area contributed by atoms with Crippen LogP contribution in [0.25, 0.3) is 0 Å². The topological polar surface area (TPSA) is 58.6 Å². The number of phenols is 1. The first-order chi connectivity index (χ1) is 9.06. The molecule has 4 nitrogen and oxygen atoms in total. The molecule has 1 aliphatic rings. The fourth-order valence-electron chi connectivity index (χ4n) is 2.66. The number of hydrogen-bond donors (Lipinski definition) is 2. The Labute approximate surface area is 113 Å². The van der Waals surface area contributed by atoms with Crippen molar-refractivity contribution in [2.24, 2.45) is 5.41 Å². The van der Waals surface area contributed by atoms with Gasteiger partial charge in [-0.2, -0.15) is 0 Å². The highest BCUT2D eigenvalue weighted by Crippen LogP contribution is 2.37. The van der Waals surface area contributed by atoms with Crippen LogP contribution in [0.15, 0.2) is 18.2 Å². The van der Waals surface area contributed by atoms with E-state index in [1.165, 1.54) is 20.0 Å². The molecule has 0 spiro atoms. The molecule has 0 saturated heterocycles. The number of para-hydroxylation sites is 1. The molecule has 0 heterocycles. The number of rotatable bonds is 4. The highest BCUT2D eigenvalue weighted by Gasteiger charge is 2.29. The quantitative estimate of drug-likeness (QED) is 0.878. The van der Waals surface area contributed by atoms with Crippen LogP contribution >= 0.6 is 0 Å². The summed E-state index contributed by atoms with van der Waals surface area (Å²) in [5.41, 5.74) is 0.463. The zero-order chi connectivity index (χ0) is 13.9. The summed E-state index contributed by atoms with van der Waals surface area (Å²) in [7, 11) is 1.47. The van der Waals surface area contributed by atoms with Crippen molar-refractivity contribution in [2.75, 3.05) is 13.7 Å². The predicted molar refractivity (Wildman–Crippen MR) is 73.6 cm³/mol. The van der Waals surface area contributed by atoms with E-state index < -0.39 is 0 Å². The number of carbonyl (C=O) groups excluding carboxylic acids is 1. The SMILES string of the molecule is COc1cccc(C(=O)NCC2(C)CCCC2)c1O. The molecule has 0 bridgehead atoms. The zero-order valence-electron chi connectivity index (χ0n) is 11.5. The van der Waals surface area contributed by atoms with Crippen LogP contribution in [0.2, 0.25) is 0 Å². The summed E-state index contributed by atoms with van der Waals surface area (Å²) in [5, 5.41) is 12.8. The summed E-state index contributed by atoms with van der Waals surface area (Å²) in [5.74, 6) is -0.0247. The second kappa shape index (κ2) is 5.51. The molecule has 1 aromatic rings. The maximum absolute atomic E-state index is 12.1. The molecule has 1 aromatic carbocycles. The van der Waals surface area contributed by atoms with Gasteiger partial charge in [-0.3, -0.25) is 4.79 Å². The van der Waals surface area contributed by atoms with Gasteiger partial charge in [0.15, 0.2) is 11.5 Å². The van der Waals surface area contributed by atoms with Crippen LogP contribution in [0.1, 0.15) is 43.0 Å². The second-order valence-electron chi connectivity index (χ2n) is 5.56. The van der Waals surface area contributed by atoms with Crippen LogP contribution in [0.5, 0.6) is 11.5 Å². The summed E-state index contributed by atoms with van der Waals surface area (Å²) in [6, 6.07) is 4.93. The monoisotopic (exact) mass is 263 g/mol. The van der Waals surface area contributed by atoms with Crippen molar-refractivity contribution in [3.8, 4) is 11.5 Å². The van der Waals surface area contributed by atoms with Gasteiger partial charge in [0.2, 0.25) is 0 Å². The number of ether oxygens (including phenoxy) is 1. The molecule has 2 rings (SSSR count). The maximum Gasteiger partial charge on any atom is 0.255 e. The number of aromatic hydroxyl groups is 1. The lowest BCUT2D eigenvalue weighted by Crippen LogP contribution is -2.34. The van der Waals surface area contributed by atoms with Gasteiger partial charge in [0.1, 0.15) is 0 Å². The number of methoxy groups -OCH3 is 1. The molecule has 0 radical (unpaired) electrons. The summed E-state index contributed by atoms with van der Waals surface area (Å²) >= 11 is 0. The standard InChI is InChI=1S/C15H21NO3/c1-15(8-3-4-9-15)10-16-14(18)11-6-5-7-12(19-2)13(11)17/h5-7,17H,3-4,8-10H2,1-2H3,(H,16,18). The van der Waals surface area contributed by atoms with E-state index in [0.717, 1.165) is 12.8 Å². The van der Waals surface area contributed by atoms with Gasteiger partial charge in [-0.05, 0) is 30.4 Å². The lowest BCUT2D eigenvalue weighted by Gasteiger charge is -2.23. The van der Waals surface area contributed by atoms with Crippen molar-refractivity contribution < 1.29 is 14.6 Å². The van der Waals surface area contributed by atoms with E-state index in [2.05, 4.69) is 12.2 Å². The third-order valence-electron chi connectivity index (χ3n) is 3.95. The number of nitrogens with one attached hydrogen (secondary N) is 1. The third kappa shape index (κ3) is 3.00. The molecular formula is C15H21NO3. The largest absolute Gasteiger partial charge is 0.504 e. The molecule has 19 heavy (non-hydrogen) atoms. The predicted octanol–water partition coefficient (Wildman–Crippen LogP) is 2.71. The number of amides is 1. The molecule has 2 N–H and O–H groups in total. The van der Waals surface area contributed by atoms with Crippen LogP contribution < -0.4 is 10.1 Å². The summed E-state index contributed by atoms with van der Waals surface area (Å²) < 4.78 is 5.00. The Kier molecular flexibility index (Phi) is 3.98. The van der Waals surface area contributed by atoms with Crippen molar-refractivity contribution in [2.45, 2.75) is 32.6 Å². The molecule has 0 atom stereocenters. The van der Waals surface area contributed by atoms with E-state index in [-0.39, 0.29) is 22.6 Å². The molecular weight excluding hydrogens is 242 g/mol. The molecule has 1 saturated carbocycles. The molecule has 4 heteroatoms. The van der Waals surface area contributed by atoms with Gasteiger partial charge in [0.05, 0.1) is 12.7 Å². The van der Waals surface area contributed by atoms with E-state index in [4.69, 9.17) is 4.74 Å². The molecule has 1 fully saturated rings. The van der Waals surface area contributed by atoms with Gasteiger partial charge in [-0.15, -0.1) is 0 Å². The summed E-state index contributed by atoms with van der Waals surface area (Å²) in [4.78, 5) is 12.1. The Balaban J connectivity index is 2.04. The lowest BCUT2D eigenvalue weighted by atomic mass is 9.89. The van der Waals surface area contributed by atoms with Crippen molar-refractivity contribution in [1.82, 2.24) is 5.32 Å². The zero-order valence-corrected chi connectivity index (χ0v) is 11.5. The normalized spacial score (nSPS) is 17.2. The van der Waals surface area contributed by atoms with Crippen LogP contribution in [0, 0.1) is 5.41 Å². The molecule has 0 aliphatic heterocycles. The average molecular weight is 263 g/mol. The van der Waals surface area contributed by atoms with Crippen molar-refractivity contribution in [1.29, 1.82) is 0 Å². The maximum atomic E-state index is 12.1. The summed E-state index contributed by atoms with van der Waals surface area (Å²) in [6.45, 7) is 2.86. The minimum Gasteiger partial charge on any atom is -0.504 e. The first-order valence-corrected chi connectivity index (χ1v) is 6.70. The van der Waals surface area contributed by atoms with Crippen molar-refractivity contribution in [3.63, 3.8) is 0 Å². The van der Waals surface area contributed by atoms with E-state index in [0.29, 0.717) is 12.3 Å². The second-order valence-corrected chi connectivity index (χ2v) is 5.56. The van der Waals surface area contributed by atoms with E-state index in [1.54, 1.807) is 18.2 Å². The molecule has 0 aromatic heterocycles. The Bertz CT molecular complexity index is 464. The Morgan fingerprint density at radius 1 is 1.42 bits per heavy atom. The van der Waals surface area contributed by atoms with Gasteiger partial charge in [0, 0.05) is 6.54 Å². The van der Waals surface area contributed by atoms with Crippen LogP contribution in [0.3, 0.4) is 0 Å². The first-order valence-electron chi connectivity index (χ1n) is 6.70. The molecule has 1 amide bonds. The van der Waals surface area contributed by atoms with Crippen molar-refractivity contribution >= 4 is 5.91 Å². The lowest BCUT2D eigenvalue weighted by molar-refractivity contribution is 0.0931. The molecule has 1 aliphatic carbocycles. The third-order valence-corrected chi connectivity index (χ3v) is 3.95. The molecule has 0 unspecified atom stereocenters. The van der Waals surface area contributed by atoms with Gasteiger partial charge < -0.3 is 15.2 Å². The number of hydrogen-bond acceptors (Lipinski definition) is 3. The van der Waals surface area contributed by atoms with E-state index in [1.807, 2.05) is 0 Å². The van der Waals surface area contributed by atoms with Crippen molar-refractivity contribution in [3.05, 3.63) is 23.8 Å². The Hall–Kier alpha value is -1.71. The number of carbonyl (C=O) groups is 1. The minimum atomic E-state index is -0.246. The highest BCUT2D eigenvalue weighted by molar-refractivity contribution is 5.97. The summed E-state index contributed by atoms with van der Waals surface area (Å²) in [6.07, 6.45) is 4.77. The van der Waals surface area contributed by atoms with Gasteiger partial charge in [-0.25, -0.2) is 0 Å². The average Bonchev–Trinajstić information content (AvgIpc) is 2.84. The highest BCUT2D eigenvalue weighted by atomic mass is 16.5. The van der Waals surface area contributed by atoms with Gasteiger partial charge in [-0.1, -0.05) is 25.8 Å². The van der Waals surface area contributed by atoms with Crippen LogP contribution in [-0.4, -0.2) is 24.7 Å². The number of benzene rings is 1. The first kappa shape index (κ1) is 13.7. The smallest absolute Gasteiger partial charge is 0.255 e.